The number of amides is 1. The van der Waals surface area contributed by atoms with Crippen molar-refractivity contribution in [3.8, 4) is 11.3 Å². The first-order valence-corrected chi connectivity index (χ1v) is 8.49. The Bertz CT molecular complexity index is 718. The number of thiazole rings is 1. The van der Waals surface area contributed by atoms with Crippen molar-refractivity contribution in [1.29, 1.82) is 0 Å². The molecule has 0 aliphatic heterocycles. The van der Waals surface area contributed by atoms with Crippen molar-refractivity contribution in [1.82, 2.24) is 4.98 Å². The molecule has 0 radical (unpaired) electrons. The van der Waals surface area contributed by atoms with Crippen LogP contribution >= 0.6 is 11.3 Å². The zero-order valence-corrected chi connectivity index (χ0v) is 13.7. The number of carbonyl (C=O) groups excluding carboxylic acids is 1. The van der Waals surface area contributed by atoms with Crippen molar-refractivity contribution < 1.29 is 4.79 Å². The lowest BCUT2D eigenvalue weighted by molar-refractivity contribution is -0.116. The normalized spacial score (nSPS) is 16.9. The predicted octanol–water partition coefficient (Wildman–Crippen LogP) is 4.72. The molecule has 0 saturated heterocycles. The van der Waals surface area contributed by atoms with Crippen LogP contribution in [-0.2, 0) is 4.79 Å². The minimum absolute atomic E-state index is 0.0541. The Balaban J connectivity index is 1.69. The summed E-state index contributed by atoms with van der Waals surface area (Å²) in [5.74, 6) is 0.442. The molecule has 4 heteroatoms. The average Bonchev–Trinajstić information content (AvgIpc) is 3.13. The minimum Gasteiger partial charge on any atom is -0.302 e. The molecule has 0 spiro atoms. The number of aromatic nitrogens is 1. The van der Waals surface area contributed by atoms with E-state index < -0.39 is 0 Å². The van der Waals surface area contributed by atoms with Gasteiger partial charge in [0.05, 0.1) is 5.69 Å². The molecule has 3 nitrogen and oxygen atoms in total. The van der Waals surface area contributed by atoms with Crippen molar-refractivity contribution in [3.05, 3.63) is 46.9 Å². The second-order valence-electron chi connectivity index (χ2n) is 5.87. The molecule has 0 unspecified atom stereocenters. The first-order chi connectivity index (χ1) is 10.6. The Morgan fingerprint density at radius 1 is 1.41 bits per heavy atom. The number of hydrogen-bond acceptors (Lipinski definition) is 3. The van der Waals surface area contributed by atoms with E-state index in [0.29, 0.717) is 17.5 Å². The van der Waals surface area contributed by atoms with Gasteiger partial charge in [0.25, 0.3) is 0 Å². The Morgan fingerprint density at radius 3 is 3.05 bits per heavy atom. The molecule has 22 heavy (non-hydrogen) atoms. The fraction of sp³-hybridized carbons (Fsp3) is 0.333. The zero-order valence-electron chi connectivity index (χ0n) is 12.9. The topological polar surface area (TPSA) is 42.0 Å². The molecule has 3 rings (SSSR count). The van der Waals surface area contributed by atoms with Crippen LogP contribution in [0, 0.1) is 19.8 Å². The molecule has 1 aliphatic carbocycles. The van der Waals surface area contributed by atoms with Crippen LogP contribution in [0.25, 0.3) is 11.3 Å². The Morgan fingerprint density at radius 2 is 2.27 bits per heavy atom. The van der Waals surface area contributed by atoms with Crippen LogP contribution in [-0.4, -0.2) is 10.9 Å². The number of rotatable bonds is 4. The third kappa shape index (κ3) is 3.45. The zero-order chi connectivity index (χ0) is 15.5. The summed E-state index contributed by atoms with van der Waals surface area (Å²) in [6, 6.07) is 6.34. The van der Waals surface area contributed by atoms with E-state index in [2.05, 4.69) is 54.5 Å². The highest BCUT2D eigenvalue weighted by molar-refractivity contribution is 7.14. The minimum atomic E-state index is 0.0541. The molecule has 1 aromatic heterocycles. The molecule has 114 valence electrons. The second-order valence-corrected chi connectivity index (χ2v) is 6.73. The maximum atomic E-state index is 12.1. The number of carbonyl (C=O) groups is 1. The lowest BCUT2D eigenvalue weighted by Crippen LogP contribution is -2.14. The number of benzene rings is 1. The molecule has 0 saturated carbocycles. The molecule has 0 fully saturated rings. The number of nitrogens with one attached hydrogen (secondary N) is 1. The maximum absolute atomic E-state index is 12.1. The van der Waals surface area contributed by atoms with E-state index in [0.717, 1.165) is 24.1 Å². The highest BCUT2D eigenvalue weighted by Gasteiger charge is 2.15. The van der Waals surface area contributed by atoms with Crippen LogP contribution in [0.2, 0.25) is 0 Å². The first kappa shape index (κ1) is 15.0. The molecule has 1 atom stereocenters. The van der Waals surface area contributed by atoms with E-state index in [9.17, 15) is 4.79 Å². The van der Waals surface area contributed by atoms with E-state index in [1.54, 1.807) is 0 Å². The summed E-state index contributed by atoms with van der Waals surface area (Å²) in [5, 5.41) is 5.62. The van der Waals surface area contributed by atoms with Crippen LogP contribution in [0.5, 0.6) is 0 Å². The third-order valence-electron chi connectivity index (χ3n) is 3.98. The van der Waals surface area contributed by atoms with E-state index in [-0.39, 0.29) is 5.91 Å². The summed E-state index contributed by atoms with van der Waals surface area (Å²) in [5.41, 5.74) is 4.48. The summed E-state index contributed by atoms with van der Waals surface area (Å²) >= 11 is 1.48. The smallest absolute Gasteiger partial charge is 0.226 e. The highest BCUT2D eigenvalue weighted by Crippen LogP contribution is 2.28. The number of hydrogen-bond donors (Lipinski definition) is 1. The highest BCUT2D eigenvalue weighted by atomic mass is 32.1. The van der Waals surface area contributed by atoms with Crippen LogP contribution in [0.3, 0.4) is 0 Å². The summed E-state index contributed by atoms with van der Waals surface area (Å²) in [4.78, 5) is 16.6. The summed E-state index contributed by atoms with van der Waals surface area (Å²) in [6.07, 6.45) is 7.02. The SMILES string of the molecule is Cc1ccc(C)c(-c2csc(NC(=O)C[C@@H]3C=CCC3)n2)c1. The van der Waals surface area contributed by atoms with Gasteiger partial charge in [-0.25, -0.2) is 4.98 Å². The first-order valence-electron chi connectivity index (χ1n) is 7.61. The Kier molecular flexibility index (Phi) is 4.39. The quantitative estimate of drug-likeness (QED) is 0.830. The number of allylic oxidation sites excluding steroid dienone is 2. The lowest BCUT2D eigenvalue weighted by Gasteiger charge is -2.06. The van der Waals surface area contributed by atoms with Gasteiger partial charge in [0.1, 0.15) is 0 Å². The van der Waals surface area contributed by atoms with Crippen LogP contribution in [0.1, 0.15) is 30.4 Å². The molecule has 1 aliphatic rings. The van der Waals surface area contributed by atoms with Gasteiger partial charge in [-0.2, -0.15) is 0 Å². The van der Waals surface area contributed by atoms with E-state index >= 15 is 0 Å². The second kappa shape index (κ2) is 6.44. The molecule has 1 heterocycles. The summed E-state index contributed by atoms with van der Waals surface area (Å²) < 4.78 is 0. The largest absolute Gasteiger partial charge is 0.302 e. The van der Waals surface area contributed by atoms with Crippen molar-refractivity contribution >= 4 is 22.4 Å². The molecule has 2 aromatic rings. The molecule has 1 N–H and O–H groups in total. The molecular weight excluding hydrogens is 292 g/mol. The van der Waals surface area contributed by atoms with Crippen molar-refractivity contribution in [3.63, 3.8) is 0 Å². The number of anilines is 1. The van der Waals surface area contributed by atoms with Crippen LogP contribution in [0.4, 0.5) is 5.13 Å². The van der Waals surface area contributed by atoms with Gasteiger partial charge in [0.15, 0.2) is 5.13 Å². The van der Waals surface area contributed by atoms with Crippen molar-refractivity contribution in [2.75, 3.05) is 5.32 Å². The van der Waals surface area contributed by atoms with Gasteiger partial charge < -0.3 is 5.32 Å². The van der Waals surface area contributed by atoms with Gasteiger partial charge >= 0.3 is 0 Å². The average molecular weight is 312 g/mol. The van der Waals surface area contributed by atoms with Crippen LogP contribution in [0.15, 0.2) is 35.7 Å². The standard InChI is InChI=1S/C18H20N2OS/c1-12-7-8-13(2)15(9-12)16-11-22-18(19-16)20-17(21)10-14-5-3-4-6-14/h3,5,7-9,11,14H,4,6,10H2,1-2H3,(H,19,20,21)/t14-/m1/s1. The number of aryl methyl sites for hydroxylation is 2. The van der Waals surface area contributed by atoms with Crippen LogP contribution < -0.4 is 5.32 Å². The van der Waals surface area contributed by atoms with E-state index in [1.165, 1.54) is 22.5 Å². The third-order valence-corrected chi connectivity index (χ3v) is 4.74. The Hall–Kier alpha value is -1.94. The monoisotopic (exact) mass is 312 g/mol. The molecule has 1 amide bonds. The maximum Gasteiger partial charge on any atom is 0.226 e. The van der Waals surface area contributed by atoms with Crippen molar-refractivity contribution in [2.24, 2.45) is 5.92 Å². The van der Waals surface area contributed by atoms with Gasteiger partial charge in [0, 0.05) is 17.4 Å². The van der Waals surface area contributed by atoms with Gasteiger partial charge in [0.2, 0.25) is 5.91 Å². The molecular formula is C18H20N2OS. The van der Waals surface area contributed by atoms with E-state index in [4.69, 9.17) is 0 Å². The van der Waals surface area contributed by atoms with E-state index in [1.807, 2.05) is 5.38 Å². The molecule has 0 bridgehead atoms. The fourth-order valence-electron chi connectivity index (χ4n) is 2.74. The summed E-state index contributed by atoms with van der Waals surface area (Å²) in [7, 11) is 0. The lowest BCUT2D eigenvalue weighted by atomic mass is 10.0. The van der Waals surface area contributed by atoms with Crippen molar-refractivity contribution in [2.45, 2.75) is 33.1 Å². The van der Waals surface area contributed by atoms with Gasteiger partial charge in [-0.05, 0) is 44.2 Å². The number of nitrogens with zero attached hydrogens (tertiary/aromatic N) is 1. The van der Waals surface area contributed by atoms with Gasteiger partial charge in [-0.3, -0.25) is 4.79 Å². The summed E-state index contributed by atoms with van der Waals surface area (Å²) in [6.45, 7) is 4.16. The van der Waals surface area contributed by atoms with Gasteiger partial charge in [-0.15, -0.1) is 11.3 Å². The Labute approximate surface area is 135 Å². The van der Waals surface area contributed by atoms with Gasteiger partial charge in [-0.1, -0.05) is 29.8 Å². The fourth-order valence-corrected chi connectivity index (χ4v) is 3.47. The molecule has 1 aromatic carbocycles. The predicted molar refractivity (Wildman–Crippen MR) is 92.1 cm³/mol.